The summed E-state index contributed by atoms with van der Waals surface area (Å²) in [6, 6.07) is 0. The van der Waals surface area contributed by atoms with Crippen molar-refractivity contribution in [1.82, 2.24) is 9.97 Å². The molecule has 0 radical (unpaired) electrons. The lowest BCUT2D eigenvalue weighted by Crippen LogP contribution is -2.10. The van der Waals surface area contributed by atoms with Crippen molar-refractivity contribution in [3.05, 3.63) is 18.6 Å². The minimum Gasteiger partial charge on any atom is -0.469 e. The molecule has 1 aromatic rings. The lowest BCUT2D eigenvalue weighted by atomic mass is 10.4. The van der Waals surface area contributed by atoms with Crippen LogP contribution in [0.25, 0.3) is 0 Å². The van der Waals surface area contributed by atoms with Crippen LogP contribution in [0.15, 0.2) is 18.6 Å². The van der Waals surface area contributed by atoms with Crippen molar-refractivity contribution in [3.63, 3.8) is 0 Å². The number of carbonyl (C=O) groups excluding carboxylic acids is 1. The Hall–Kier alpha value is -1.65. The van der Waals surface area contributed by atoms with E-state index in [1.165, 1.54) is 7.11 Å². The highest BCUT2D eigenvalue weighted by molar-refractivity contribution is 5.69. The fourth-order valence-corrected chi connectivity index (χ4v) is 0.785. The van der Waals surface area contributed by atoms with Crippen LogP contribution in [0.1, 0.15) is 6.42 Å². The van der Waals surface area contributed by atoms with Crippen molar-refractivity contribution in [2.45, 2.75) is 6.42 Å². The molecule has 5 heteroatoms. The maximum atomic E-state index is 10.7. The summed E-state index contributed by atoms with van der Waals surface area (Å²) in [5.41, 5.74) is 0. The number of anilines is 1. The lowest BCUT2D eigenvalue weighted by Gasteiger charge is -2.02. The van der Waals surface area contributed by atoms with Gasteiger partial charge < -0.3 is 10.1 Å². The second-order valence-corrected chi connectivity index (χ2v) is 2.34. The van der Waals surface area contributed by atoms with E-state index in [1.54, 1.807) is 18.6 Å². The molecule has 70 valence electrons. The normalized spacial score (nSPS) is 9.31. The number of rotatable bonds is 4. The van der Waals surface area contributed by atoms with Crippen molar-refractivity contribution in [2.24, 2.45) is 0 Å². The van der Waals surface area contributed by atoms with E-state index in [9.17, 15) is 4.79 Å². The first kappa shape index (κ1) is 9.44. The van der Waals surface area contributed by atoms with E-state index in [0.29, 0.717) is 18.8 Å². The molecule has 0 aliphatic rings. The number of esters is 1. The molecule has 0 fully saturated rings. The fraction of sp³-hybridized carbons (Fsp3) is 0.375. The van der Waals surface area contributed by atoms with E-state index in [4.69, 9.17) is 0 Å². The maximum Gasteiger partial charge on any atom is 0.307 e. The van der Waals surface area contributed by atoms with Crippen molar-refractivity contribution in [3.8, 4) is 0 Å². The van der Waals surface area contributed by atoms with Crippen LogP contribution in [0, 0.1) is 0 Å². The first-order valence-electron chi connectivity index (χ1n) is 3.89. The summed E-state index contributed by atoms with van der Waals surface area (Å²) in [5, 5.41) is 2.94. The minimum absolute atomic E-state index is 0.239. The van der Waals surface area contributed by atoms with Gasteiger partial charge in [0.2, 0.25) is 0 Å². The van der Waals surface area contributed by atoms with E-state index >= 15 is 0 Å². The predicted octanol–water partition coefficient (Wildman–Crippen LogP) is 0.452. The zero-order valence-electron chi connectivity index (χ0n) is 7.36. The second-order valence-electron chi connectivity index (χ2n) is 2.34. The smallest absolute Gasteiger partial charge is 0.307 e. The monoisotopic (exact) mass is 181 g/mol. The molecular formula is C8H11N3O2. The largest absolute Gasteiger partial charge is 0.469 e. The molecule has 0 bridgehead atoms. The highest BCUT2D eigenvalue weighted by atomic mass is 16.5. The zero-order valence-corrected chi connectivity index (χ0v) is 7.36. The highest BCUT2D eigenvalue weighted by Gasteiger charge is 1.98. The average molecular weight is 181 g/mol. The van der Waals surface area contributed by atoms with Gasteiger partial charge in [-0.3, -0.25) is 9.78 Å². The third-order valence-corrected chi connectivity index (χ3v) is 1.43. The maximum absolute atomic E-state index is 10.7. The van der Waals surface area contributed by atoms with E-state index < -0.39 is 0 Å². The third-order valence-electron chi connectivity index (χ3n) is 1.43. The van der Waals surface area contributed by atoms with Crippen molar-refractivity contribution >= 4 is 11.8 Å². The summed E-state index contributed by atoms with van der Waals surface area (Å²) in [7, 11) is 1.37. The standard InChI is InChI=1S/C8H11N3O2/c1-13-8(12)2-3-10-7-6-9-4-5-11-7/h4-6H,2-3H2,1H3,(H,10,11). The van der Waals surface area contributed by atoms with E-state index in [2.05, 4.69) is 20.0 Å². The Bertz CT molecular complexity index is 263. The summed E-state index contributed by atoms with van der Waals surface area (Å²) >= 11 is 0. The molecule has 0 atom stereocenters. The number of nitrogens with one attached hydrogen (secondary N) is 1. The molecule has 0 saturated carbocycles. The summed E-state index contributed by atoms with van der Waals surface area (Å²) < 4.78 is 4.47. The van der Waals surface area contributed by atoms with Crippen LogP contribution in [-0.4, -0.2) is 29.6 Å². The molecule has 0 unspecified atom stereocenters. The summed E-state index contributed by atoms with van der Waals surface area (Å²) in [6.45, 7) is 0.505. The molecule has 1 aromatic heterocycles. The zero-order chi connectivity index (χ0) is 9.52. The average Bonchev–Trinajstić information content (AvgIpc) is 2.19. The summed E-state index contributed by atoms with van der Waals surface area (Å²) in [4.78, 5) is 18.5. The van der Waals surface area contributed by atoms with Gasteiger partial charge in [-0.1, -0.05) is 0 Å². The van der Waals surface area contributed by atoms with E-state index in [0.717, 1.165) is 0 Å². The molecule has 1 heterocycles. The van der Waals surface area contributed by atoms with Crippen LogP contribution in [0.5, 0.6) is 0 Å². The topological polar surface area (TPSA) is 64.1 Å². The highest BCUT2D eigenvalue weighted by Crippen LogP contribution is 1.96. The van der Waals surface area contributed by atoms with Gasteiger partial charge in [0.25, 0.3) is 0 Å². The van der Waals surface area contributed by atoms with Crippen molar-refractivity contribution in [1.29, 1.82) is 0 Å². The molecular weight excluding hydrogens is 170 g/mol. The van der Waals surface area contributed by atoms with Gasteiger partial charge in [-0.15, -0.1) is 0 Å². The Balaban J connectivity index is 2.24. The predicted molar refractivity (Wildman–Crippen MR) is 47.2 cm³/mol. The number of hydrogen-bond donors (Lipinski definition) is 1. The van der Waals surface area contributed by atoms with Gasteiger partial charge in [0.05, 0.1) is 19.7 Å². The molecule has 0 amide bonds. The quantitative estimate of drug-likeness (QED) is 0.683. The molecule has 0 aromatic carbocycles. The summed E-state index contributed by atoms with van der Waals surface area (Å²) in [6.07, 6.45) is 5.09. The number of nitrogens with zero attached hydrogens (tertiary/aromatic N) is 2. The molecule has 5 nitrogen and oxygen atoms in total. The number of aromatic nitrogens is 2. The first-order valence-corrected chi connectivity index (χ1v) is 3.89. The van der Waals surface area contributed by atoms with Crippen LogP contribution in [0.2, 0.25) is 0 Å². The summed E-state index contributed by atoms with van der Waals surface area (Å²) in [5.74, 6) is 0.419. The van der Waals surface area contributed by atoms with Gasteiger partial charge >= 0.3 is 5.97 Å². The first-order chi connectivity index (χ1) is 6.33. The third kappa shape index (κ3) is 3.50. The Kier molecular flexibility index (Phi) is 3.69. The van der Waals surface area contributed by atoms with Crippen LogP contribution in [-0.2, 0) is 9.53 Å². The van der Waals surface area contributed by atoms with Gasteiger partial charge in [-0.2, -0.15) is 0 Å². The Labute approximate surface area is 76.2 Å². The lowest BCUT2D eigenvalue weighted by molar-refractivity contribution is -0.140. The second kappa shape index (κ2) is 5.08. The van der Waals surface area contributed by atoms with Crippen LogP contribution in [0.3, 0.4) is 0 Å². The Morgan fingerprint density at radius 2 is 2.46 bits per heavy atom. The molecule has 1 rings (SSSR count). The number of methoxy groups -OCH3 is 1. The Morgan fingerprint density at radius 1 is 1.62 bits per heavy atom. The van der Waals surface area contributed by atoms with Crippen LogP contribution >= 0.6 is 0 Å². The van der Waals surface area contributed by atoms with Crippen molar-refractivity contribution in [2.75, 3.05) is 19.0 Å². The number of hydrogen-bond acceptors (Lipinski definition) is 5. The van der Waals surface area contributed by atoms with Crippen LogP contribution in [0.4, 0.5) is 5.82 Å². The molecule has 1 N–H and O–H groups in total. The molecule has 13 heavy (non-hydrogen) atoms. The van der Waals surface area contributed by atoms with E-state index in [-0.39, 0.29) is 5.97 Å². The van der Waals surface area contributed by atoms with Crippen LogP contribution < -0.4 is 5.32 Å². The minimum atomic E-state index is -0.239. The molecule has 0 aliphatic carbocycles. The van der Waals surface area contributed by atoms with Gasteiger partial charge in [0, 0.05) is 18.9 Å². The van der Waals surface area contributed by atoms with Gasteiger partial charge in [0.15, 0.2) is 0 Å². The van der Waals surface area contributed by atoms with Gasteiger partial charge in [-0.05, 0) is 0 Å². The van der Waals surface area contributed by atoms with Crippen molar-refractivity contribution < 1.29 is 9.53 Å². The molecule has 0 aliphatic heterocycles. The Morgan fingerprint density at radius 3 is 3.08 bits per heavy atom. The van der Waals surface area contributed by atoms with Gasteiger partial charge in [-0.25, -0.2) is 4.98 Å². The SMILES string of the molecule is COC(=O)CCNc1cnccn1. The van der Waals surface area contributed by atoms with E-state index in [1.807, 2.05) is 0 Å². The molecule has 0 spiro atoms. The number of carbonyl (C=O) groups is 1. The fourth-order valence-electron chi connectivity index (χ4n) is 0.785. The number of ether oxygens (including phenoxy) is 1. The van der Waals surface area contributed by atoms with Gasteiger partial charge in [0.1, 0.15) is 5.82 Å². The molecule has 0 saturated heterocycles.